The minimum atomic E-state index is -1.16. The second-order valence-corrected chi connectivity index (χ2v) is 8.06. The maximum atomic E-state index is 12.8. The summed E-state index contributed by atoms with van der Waals surface area (Å²) in [4.78, 5) is 36.3. The van der Waals surface area contributed by atoms with Gasteiger partial charge in [-0.1, -0.05) is 39.3 Å². The fourth-order valence-corrected chi connectivity index (χ4v) is 2.46. The van der Waals surface area contributed by atoms with Crippen molar-refractivity contribution >= 4 is 29.4 Å². The molecule has 0 spiro atoms. The van der Waals surface area contributed by atoms with Crippen LogP contribution in [-0.2, 0) is 9.59 Å². The molecule has 0 aliphatic carbocycles. The number of carbonyl (C=O) groups is 3. The number of carbonyl (C=O) groups excluding carboxylic acids is 2. The Morgan fingerprint density at radius 2 is 1.72 bits per heavy atom. The van der Waals surface area contributed by atoms with Crippen LogP contribution in [0.15, 0.2) is 18.2 Å². The topological polar surface area (TPSA) is 131 Å². The van der Waals surface area contributed by atoms with E-state index in [1.54, 1.807) is 19.9 Å². The van der Waals surface area contributed by atoms with Crippen molar-refractivity contribution in [2.45, 2.75) is 52.7 Å². The number of ether oxygens (including phenoxy) is 1. The van der Waals surface area contributed by atoms with Crippen molar-refractivity contribution in [2.75, 3.05) is 6.61 Å². The van der Waals surface area contributed by atoms with Crippen molar-refractivity contribution in [2.24, 2.45) is 17.6 Å². The van der Waals surface area contributed by atoms with E-state index in [2.05, 4.69) is 10.6 Å². The number of nitrogens with one attached hydrogen (secondary N) is 2. The highest BCUT2D eigenvalue weighted by Gasteiger charge is 2.28. The number of aliphatic carboxylic acids is 1. The van der Waals surface area contributed by atoms with Gasteiger partial charge in [0.1, 0.15) is 24.4 Å². The van der Waals surface area contributed by atoms with E-state index in [-0.39, 0.29) is 35.8 Å². The largest absolute Gasteiger partial charge is 0.491 e. The molecule has 0 unspecified atom stereocenters. The first kappa shape index (κ1) is 24.7. The quantitative estimate of drug-likeness (QED) is 0.452. The molecule has 0 aliphatic heterocycles. The zero-order valence-electron chi connectivity index (χ0n) is 17.4. The van der Waals surface area contributed by atoms with Gasteiger partial charge in [0.15, 0.2) is 0 Å². The molecule has 2 amide bonds. The Hall–Kier alpha value is -2.32. The molecule has 1 aromatic rings. The Labute approximate surface area is 176 Å². The Morgan fingerprint density at radius 1 is 1.10 bits per heavy atom. The minimum absolute atomic E-state index is 0.191. The van der Waals surface area contributed by atoms with E-state index in [0.717, 1.165) is 0 Å². The van der Waals surface area contributed by atoms with Crippen molar-refractivity contribution in [1.82, 2.24) is 10.6 Å². The SMILES string of the molecule is CC(C)[C@H](NC(=O)c1ccc(Cl)cc1OC[C@H](N)C(C)C)C(=O)N[C@@H](C)C(=O)O. The molecule has 0 radical (unpaired) electrons. The van der Waals surface area contributed by atoms with Gasteiger partial charge >= 0.3 is 5.97 Å². The minimum Gasteiger partial charge on any atom is -0.491 e. The first-order chi connectivity index (χ1) is 13.4. The number of carboxylic acids is 1. The van der Waals surface area contributed by atoms with E-state index in [1.165, 1.54) is 19.1 Å². The van der Waals surface area contributed by atoms with Crippen LogP contribution in [0.4, 0.5) is 0 Å². The van der Waals surface area contributed by atoms with Crippen LogP contribution < -0.4 is 21.1 Å². The molecule has 8 nitrogen and oxygen atoms in total. The van der Waals surface area contributed by atoms with Gasteiger partial charge < -0.3 is 26.2 Å². The highest BCUT2D eigenvalue weighted by atomic mass is 35.5. The summed E-state index contributed by atoms with van der Waals surface area (Å²) in [7, 11) is 0. The predicted molar refractivity (Wildman–Crippen MR) is 111 cm³/mol. The molecule has 0 saturated carbocycles. The zero-order chi connectivity index (χ0) is 22.3. The average Bonchev–Trinajstić information content (AvgIpc) is 2.63. The van der Waals surface area contributed by atoms with Gasteiger partial charge in [-0.3, -0.25) is 14.4 Å². The second kappa shape index (κ2) is 11.0. The molecule has 162 valence electrons. The van der Waals surface area contributed by atoms with Crippen LogP contribution in [-0.4, -0.2) is 47.6 Å². The number of nitrogens with two attached hydrogens (primary N) is 1. The molecule has 0 fully saturated rings. The van der Waals surface area contributed by atoms with E-state index >= 15 is 0 Å². The van der Waals surface area contributed by atoms with Crippen molar-refractivity contribution in [1.29, 1.82) is 0 Å². The number of hydrogen-bond acceptors (Lipinski definition) is 5. The normalized spacial score (nSPS) is 14.2. The number of benzene rings is 1. The Balaban J connectivity index is 3.00. The van der Waals surface area contributed by atoms with Gasteiger partial charge in [0.05, 0.1) is 5.56 Å². The molecule has 5 N–H and O–H groups in total. The fraction of sp³-hybridized carbons (Fsp3) is 0.550. The highest BCUT2D eigenvalue weighted by Crippen LogP contribution is 2.24. The van der Waals surface area contributed by atoms with Crippen LogP contribution in [0.25, 0.3) is 0 Å². The molecule has 29 heavy (non-hydrogen) atoms. The summed E-state index contributed by atoms with van der Waals surface area (Å²) in [6.45, 7) is 8.96. The second-order valence-electron chi connectivity index (χ2n) is 7.62. The van der Waals surface area contributed by atoms with E-state index in [9.17, 15) is 14.4 Å². The molecule has 0 heterocycles. The van der Waals surface area contributed by atoms with Gasteiger partial charge in [0.25, 0.3) is 5.91 Å². The van der Waals surface area contributed by atoms with Crippen LogP contribution >= 0.6 is 11.6 Å². The van der Waals surface area contributed by atoms with Crippen molar-refractivity contribution in [3.8, 4) is 5.75 Å². The lowest BCUT2D eigenvalue weighted by atomic mass is 10.0. The molecular formula is C20H30ClN3O5. The van der Waals surface area contributed by atoms with Gasteiger partial charge in [-0.2, -0.15) is 0 Å². The lowest BCUT2D eigenvalue weighted by molar-refractivity contribution is -0.141. The first-order valence-electron chi connectivity index (χ1n) is 9.46. The Morgan fingerprint density at radius 3 is 2.24 bits per heavy atom. The third-order valence-corrected chi connectivity index (χ3v) is 4.68. The van der Waals surface area contributed by atoms with Crippen LogP contribution in [0.5, 0.6) is 5.75 Å². The number of halogens is 1. The molecule has 9 heteroatoms. The van der Waals surface area contributed by atoms with E-state index in [0.29, 0.717) is 5.02 Å². The summed E-state index contributed by atoms with van der Waals surface area (Å²) >= 11 is 6.03. The molecule has 0 aliphatic rings. The number of amides is 2. The highest BCUT2D eigenvalue weighted by molar-refractivity contribution is 6.30. The fourth-order valence-electron chi connectivity index (χ4n) is 2.30. The van der Waals surface area contributed by atoms with Crippen molar-refractivity contribution in [3.05, 3.63) is 28.8 Å². The van der Waals surface area contributed by atoms with Crippen molar-refractivity contribution in [3.63, 3.8) is 0 Å². The Bertz CT molecular complexity index is 739. The van der Waals surface area contributed by atoms with E-state index < -0.39 is 29.9 Å². The molecule has 0 aromatic heterocycles. The maximum absolute atomic E-state index is 12.8. The van der Waals surface area contributed by atoms with E-state index in [1.807, 2.05) is 13.8 Å². The molecule has 3 atom stereocenters. The van der Waals surface area contributed by atoms with Gasteiger partial charge in [-0.25, -0.2) is 0 Å². The third-order valence-electron chi connectivity index (χ3n) is 4.44. The molecule has 0 bridgehead atoms. The van der Waals surface area contributed by atoms with E-state index in [4.69, 9.17) is 27.2 Å². The van der Waals surface area contributed by atoms with Crippen molar-refractivity contribution < 1.29 is 24.2 Å². The number of hydrogen-bond donors (Lipinski definition) is 4. The summed E-state index contributed by atoms with van der Waals surface area (Å²) in [5.74, 6) is -2.11. The summed E-state index contributed by atoms with van der Waals surface area (Å²) in [6.07, 6.45) is 0. The summed E-state index contributed by atoms with van der Waals surface area (Å²) in [5.41, 5.74) is 6.20. The molecule has 1 rings (SSSR count). The lowest BCUT2D eigenvalue weighted by Crippen LogP contribution is -2.53. The van der Waals surface area contributed by atoms with Gasteiger partial charge in [-0.15, -0.1) is 0 Å². The molecule has 0 saturated heterocycles. The molecule has 1 aromatic carbocycles. The smallest absolute Gasteiger partial charge is 0.325 e. The van der Waals surface area contributed by atoms with Gasteiger partial charge in [0, 0.05) is 11.1 Å². The van der Waals surface area contributed by atoms with Crippen LogP contribution in [0, 0.1) is 11.8 Å². The lowest BCUT2D eigenvalue weighted by Gasteiger charge is -2.24. The third kappa shape index (κ3) is 7.55. The molecular weight excluding hydrogens is 398 g/mol. The van der Waals surface area contributed by atoms with Crippen LogP contribution in [0.1, 0.15) is 45.0 Å². The first-order valence-corrected chi connectivity index (χ1v) is 9.83. The van der Waals surface area contributed by atoms with Crippen LogP contribution in [0.2, 0.25) is 5.02 Å². The zero-order valence-corrected chi connectivity index (χ0v) is 18.1. The van der Waals surface area contributed by atoms with Gasteiger partial charge in [-0.05, 0) is 37.0 Å². The summed E-state index contributed by atoms with van der Waals surface area (Å²) in [5, 5.41) is 14.4. The number of carboxylic acid groups (broad SMARTS) is 1. The predicted octanol–water partition coefficient (Wildman–Crippen LogP) is 2.05. The Kier molecular flexibility index (Phi) is 9.39. The monoisotopic (exact) mass is 427 g/mol. The number of rotatable bonds is 10. The standard InChI is InChI=1S/C20H30ClN3O5/c1-10(2)15(22)9-29-16-8-13(21)6-7-14(16)18(25)24-17(11(3)4)19(26)23-12(5)20(27)28/h6-8,10-12,15,17H,9,22H2,1-5H3,(H,23,26)(H,24,25)(H,27,28)/t12-,15-,17-/m0/s1. The summed E-state index contributed by atoms with van der Waals surface area (Å²) in [6, 6.07) is 2.33. The van der Waals surface area contributed by atoms with Crippen LogP contribution in [0.3, 0.4) is 0 Å². The average molecular weight is 428 g/mol. The summed E-state index contributed by atoms with van der Waals surface area (Å²) < 4.78 is 5.71. The van der Waals surface area contributed by atoms with Gasteiger partial charge in [0.2, 0.25) is 5.91 Å². The maximum Gasteiger partial charge on any atom is 0.325 e.